The molecular weight excluding hydrogens is 423 g/mol. The Labute approximate surface area is 188 Å². The van der Waals surface area contributed by atoms with Gasteiger partial charge >= 0.3 is 0 Å². The number of thiophene rings is 1. The monoisotopic (exact) mass is 442 g/mol. The van der Waals surface area contributed by atoms with Crippen molar-refractivity contribution in [2.75, 3.05) is 12.4 Å². The first kappa shape index (κ1) is 20.1. The van der Waals surface area contributed by atoms with Crippen LogP contribution < -0.4 is 10.1 Å². The molecule has 0 aliphatic heterocycles. The van der Waals surface area contributed by atoms with Crippen LogP contribution >= 0.6 is 11.3 Å². The van der Waals surface area contributed by atoms with Crippen LogP contribution in [0, 0.1) is 5.82 Å². The number of anilines is 1. The Bertz CT molecular complexity index is 1370. The molecule has 0 bridgehead atoms. The van der Waals surface area contributed by atoms with Crippen molar-refractivity contribution in [1.82, 2.24) is 15.0 Å². The summed E-state index contributed by atoms with van der Waals surface area (Å²) >= 11 is 1.63. The molecule has 0 radical (unpaired) electrons. The van der Waals surface area contributed by atoms with Gasteiger partial charge in [0.15, 0.2) is 5.82 Å². The number of benzene rings is 2. The number of rotatable bonds is 6. The summed E-state index contributed by atoms with van der Waals surface area (Å²) in [6, 6.07) is 18.2. The van der Waals surface area contributed by atoms with Gasteiger partial charge in [0.1, 0.15) is 29.5 Å². The molecule has 0 saturated heterocycles. The highest BCUT2D eigenvalue weighted by Gasteiger charge is 2.16. The second-order valence-corrected chi connectivity index (χ2v) is 8.17. The second-order valence-electron chi connectivity index (χ2n) is 7.14. The fraction of sp³-hybridized carbons (Fsp3) is 0.0800. The summed E-state index contributed by atoms with van der Waals surface area (Å²) in [5, 5.41) is 5.98. The number of halogens is 1. The van der Waals surface area contributed by atoms with Crippen LogP contribution in [0.1, 0.15) is 4.88 Å². The number of nitrogens with zero attached hydrogens (tertiary/aromatic N) is 3. The Kier molecular flexibility index (Phi) is 5.47. The molecule has 5 nitrogen and oxygen atoms in total. The minimum Gasteiger partial charge on any atom is -0.486 e. The molecule has 0 fully saturated rings. The molecule has 5 aromatic rings. The minimum absolute atomic E-state index is 0.291. The molecule has 0 saturated carbocycles. The van der Waals surface area contributed by atoms with E-state index >= 15 is 0 Å². The van der Waals surface area contributed by atoms with E-state index < -0.39 is 0 Å². The largest absolute Gasteiger partial charge is 0.486 e. The van der Waals surface area contributed by atoms with Crippen molar-refractivity contribution in [2.24, 2.45) is 0 Å². The lowest BCUT2D eigenvalue weighted by atomic mass is 10.0. The van der Waals surface area contributed by atoms with Gasteiger partial charge in [-0.2, -0.15) is 0 Å². The Morgan fingerprint density at radius 2 is 1.88 bits per heavy atom. The quantitative estimate of drug-likeness (QED) is 0.340. The number of pyridine rings is 1. The van der Waals surface area contributed by atoms with Crippen molar-refractivity contribution < 1.29 is 9.13 Å². The van der Waals surface area contributed by atoms with Gasteiger partial charge in [-0.15, -0.1) is 11.3 Å². The number of hydrogen-bond donors (Lipinski definition) is 1. The third-order valence-electron chi connectivity index (χ3n) is 5.03. The van der Waals surface area contributed by atoms with Crippen molar-refractivity contribution in [1.29, 1.82) is 0 Å². The van der Waals surface area contributed by atoms with Gasteiger partial charge in [-0.05, 0) is 59.0 Å². The molecule has 5 rings (SSSR count). The maximum absolute atomic E-state index is 13.9. The Balaban J connectivity index is 1.71. The summed E-state index contributed by atoms with van der Waals surface area (Å²) in [4.78, 5) is 14.8. The molecule has 3 aromatic heterocycles. The van der Waals surface area contributed by atoms with E-state index in [4.69, 9.17) is 14.7 Å². The molecule has 0 aliphatic carbocycles. The molecule has 1 N–H and O–H groups in total. The summed E-state index contributed by atoms with van der Waals surface area (Å²) in [5.41, 5.74) is 3.07. The van der Waals surface area contributed by atoms with E-state index in [9.17, 15) is 4.39 Å². The summed E-state index contributed by atoms with van der Waals surface area (Å²) < 4.78 is 20.1. The first-order chi connectivity index (χ1) is 15.7. The topological polar surface area (TPSA) is 59.9 Å². The number of ether oxygens (including phenoxy) is 1. The minimum atomic E-state index is -0.291. The second kappa shape index (κ2) is 8.72. The molecule has 3 heterocycles. The van der Waals surface area contributed by atoms with Crippen LogP contribution in [0.25, 0.3) is 33.4 Å². The van der Waals surface area contributed by atoms with Crippen molar-refractivity contribution in [3.8, 4) is 28.3 Å². The summed E-state index contributed by atoms with van der Waals surface area (Å²) in [6.07, 6.45) is 3.44. The number of hydrogen-bond acceptors (Lipinski definition) is 6. The van der Waals surface area contributed by atoms with Crippen molar-refractivity contribution >= 4 is 28.1 Å². The molecule has 0 spiro atoms. The maximum atomic E-state index is 13.9. The Morgan fingerprint density at radius 1 is 0.969 bits per heavy atom. The highest BCUT2D eigenvalue weighted by molar-refractivity contribution is 7.09. The summed E-state index contributed by atoms with van der Waals surface area (Å²) in [5.74, 6) is 1.53. The maximum Gasteiger partial charge on any atom is 0.163 e. The number of aromatic nitrogens is 3. The van der Waals surface area contributed by atoms with Crippen molar-refractivity contribution in [2.45, 2.75) is 6.61 Å². The van der Waals surface area contributed by atoms with E-state index in [1.807, 2.05) is 54.9 Å². The first-order valence-electron chi connectivity index (χ1n) is 10.1. The average molecular weight is 443 g/mol. The molecule has 0 atom stereocenters. The van der Waals surface area contributed by atoms with Gasteiger partial charge < -0.3 is 10.1 Å². The van der Waals surface area contributed by atoms with Gasteiger partial charge in [0, 0.05) is 35.3 Å². The van der Waals surface area contributed by atoms with Gasteiger partial charge in [-0.1, -0.05) is 18.2 Å². The molecule has 2 aromatic carbocycles. The van der Waals surface area contributed by atoms with Crippen LogP contribution in [0.15, 0.2) is 78.4 Å². The van der Waals surface area contributed by atoms with Crippen LogP contribution in [0.4, 0.5) is 10.2 Å². The van der Waals surface area contributed by atoms with Crippen LogP contribution in [0.5, 0.6) is 5.75 Å². The van der Waals surface area contributed by atoms with E-state index in [0.717, 1.165) is 27.0 Å². The molecule has 7 heteroatoms. The smallest absolute Gasteiger partial charge is 0.163 e. The fourth-order valence-corrected chi connectivity index (χ4v) is 4.12. The van der Waals surface area contributed by atoms with E-state index in [1.54, 1.807) is 29.8 Å². The van der Waals surface area contributed by atoms with Gasteiger partial charge in [0.05, 0.1) is 0 Å². The summed E-state index contributed by atoms with van der Waals surface area (Å²) in [7, 11) is 1.82. The molecule has 158 valence electrons. The average Bonchev–Trinajstić information content (AvgIpc) is 3.36. The van der Waals surface area contributed by atoms with E-state index in [0.29, 0.717) is 29.5 Å². The number of nitrogens with one attached hydrogen (secondary N) is 1. The van der Waals surface area contributed by atoms with Crippen molar-refractivity contribution in [3.63, 3.8) is 0 Å². The van der Waals surface area contributed by atoms with Gasteiger partial charge in [-0.25, -0.2) is 14.4 Å². The van der Waals surface area contributed by atoms with E-state index in [-0.39, 0.29) is 5.82 Å². The molecule has 0 unspecified atom stereocenters. The normalized spacial score (nSPS) is 10.9. The summed E-state index contributed by atoms with van der Waals surface area (Å²) in [6.45, 7) is 0.417. The molecule has 0 amide bonds. The Morgan fingerprint density at radius 3 is 2.62 bits per heavy atom. The standard InChI is InChI=1S/C25H19FN4OS/c1-27-25-21-12-18(16-5-2-7-19(26)11-16)13-22(31-15-20-8-4-10-32-20)23(21)29-24(30-25)17-6-3-9-28-14-17/h2-14H,15H2,1H3,(H,27,29,30). The van der Waals surface area contributed by atoms with Crippen LogP contribution in [-0.2, 0) is 6.61 Å². The van der Waals surface area contributed by atoms with E-state index in [1.165, 1.54) is 12.1 Å². The highest BCUT2D eigenvalue weighted by Crippen LogP contribution is 2.36. The first-order valence-corrected chi connectivity index (χ1v) is 10.9. The van der Waals surface area contributed by atoms with Crippen LogP contribution in [0.3, 0.4) is 0 Å². The SMILES string of the molecule is CNc1nc(-c2cccnc2)nc2c(OCc3cccs3)cc(-c3cccc(F)c3)cc12. The fourth-order valence-electron chi connectivity index (χ4n) is 3.50. The zero-order chi connectivity index (χ0) is 21.9. The lowest BCUT2D eigenvalue weighted by Gasteiger charge is -2.15. The highest BCUT2D eigenvalue weighted by atomic mass is 32.1. The van der Waals surface area contributed by atoms with Crippen molar-refractivity contribution in [3.05, 3.63) is 89.1 Å². The van der Waals surface area contributed by atoms with E-state index in [2.05, 4.69) is 10.3 Å². The predicted molar refractivity (Wildman–Crippen MR) is 126 cm³/mol. The number of fused-ring (bicyclic) bond motifs is 1. The molecular formula is C25H19FN4OS. The lowest BCUT2D eigenvalue weighted by molar-refractivity contribution is 0.313. The van der Waals surface area contributed by atoms with Crippen LogP contribution in [0.2, 0.25) is 0 Å². The third-order valence-corrected chi connectivity index (χ3v) is 5.88. The lowest BCUT2D eigenvalue weighted by Crippen LogP contribution is -2.02. The van der Waals surface area contributed by atoms with Gasteiger partial charge in [0.25, 0.3) is 0 Å². The zero-order valence-electron chi connectivity index (χ0n) is 17.2. The zero-order valence-corrected chi connectivity index (χ0v) is 18.1. The molecule has 32 heavy (non-hydrogen) atoms. The van der Waals surface area contributed by atoms with Crippen LogP contribution in [-0.4, -0.2) is 22.0 Å². The Hall–Kier alpha value is -3.84. The van der Waals surface area contributed by atoms with Gasteiger partial charge in [-0.3, -0.25) is 4.98 Å². The predicted octanol–water partition coefficient (Wildman–Crippen LogP) is 6.18. The van der Waals surface area contributed by atoms with Gasteiger partial charge in [0.2, 0.25) is 0 Å². The molecule has 0 aliphatic rings. The third kappa shape index (κ3) is 4.02.